The Balaban J connectivity index is 0.000000148. The van der Waals surface area contributed by atoms with Gasteiger partial charge in [-0.3, -0.25) is 0 Å². The summed E-state index contributed by atoms with van der Waals surface area (Å²) >= 11 is 0. The Kier molecular flexibility index (Phi) is 4.78. The monoisotopic (exact) mass is 128 g/mol. The Morgan fingerprint density at radius 1 is 1.11 bits per heavy atom. The zero-order valence-corrected chi connectivity index (χ0v) is 6.03. The third kappa shape index (κ3) is 11.0. The molecular formula is C6H12N2O. The van der Waals surface area contributed by atoms with Crippen molar-refractivity contribution in [2.45, 2.75) is 20.8 Å². The Hall–Kier alpha value is -0.860. The van der Waals surface area contributed by atoms with Gasteiger partial charge in [0.1, 0.15) is 0 Å². The van der Waals surface area contributed by atoms with E-state index >= 15 is 0 Å². The highest BCUT2D eigenvalue weighted by Gasteiger charge is 1.68. The molecule has 0 aliphatic heterocycles. The maximum absolute atomic E-state index is 4.36. The van der Waals surface area contributed by atoms with Crippen molar-refractivity contribution < 1.29 is 4.42 Å². The van der Waals surface area contributed by atoms with Crippen molar-refractivity contribution in [1.29, 1.82) is 0 Å². The maximum Gasteiger partial charge on any atom is 0.203 e. The predicted molar refractivity (Wildman–Crippen MR) is 34.8 cm³/mol. The molecule has 0 aliphatic carbocycles. The fourth-order valence-corrected chi connectivity index (χ4v) is 0.136. The van der Waals surface area contributed by atoms with Gasteiger partial charge in [0.15, 0.2) is 0 Å². The molecule has 0 aromatic carbocycles. The normalized spacial score (nSPS) is 8.44. The van der Waals surface area contributed by atoms with Gasteiger partial charge >= 0.3 is 0 Å². The van der Waals surface area contributed by atoms with Gasteiger partial charge in [0.2, 0.25) is 12.8 Å². The lowest BCUT2D eigenvalue weighted by Gasteiger charge is -1.79. The van der Waals surface area contributed by atoms with Crippen LogP contribution >= 0.6 is 0 Å². The lowest BCUT2D eigenvalue weighted by Crippen LogP contribution is -1.66. The second-order valence-electron chi connectivity index (χ2n) is 2.31. The van der Waals surface area contributed by atoms with Crippen LogP contribution in [0.25, 0.3) is 0 Å². The number of nitrogens with zero attached hydrogens (tertiary/aromatic N) is 2. The summed E-state index contributed by atoms with van der Waals surface area (Å²) in [5.74, 6) is 0.833. The highest BCUT2D eigenvalue weighted by Crippen LogP contribution is 1.81. The van der Waals surface area contributed by atoms with Gasteiger partial charge in [0.25, 0.3) is 0 Å². The first-order chi connectivity index (χ1) is 4.23. The van der Waals surface area contributed by atoms with Crippen molar-refractivity contribution in [3.63, 3.8) is 0 Å². The molecule has 3 heteroatoms. The van der Waals surface area contributed by atoms with Crippen LogP contribution in [0.4, 0.5) is 0 Å². The SMILES string of the molecule is CC(C)C.c1nnco1. The second-order valence-corrected chi connectivity index (χ2v) is 2.31. The van der Waals surface area contributed by atoms with Crippen molar-refractivity contribution >= 4 is 0 Å². The average molecular weight is 128 g/mol. The van der Waals surface area contributed by atoms with E-state index in [9.17, 15) is 0 Å². The number of aromatic nitrogens is 2. The summed E-state index contributed by atoms with van der Waals surface area (Å²) in [5, 5.41) is 6.61. The van der Waals surface area contributed by atoms with Crippen LogP contribution in [0.5, 0.6) is 0 Å². The second kappa shape index (κ2) is 5.28. The lowest BCUT2D eigenvalue weighted by molar-refractivity contribution is 0.553. The van der Waals surface area contributed by atoms with Crippen LogP contribution in [0.1, 0.15) is 20.8 Å². The van der Waals surface area contributed by atoms with E-state index in [4.69, 9.17) is 0 Å². The average Bonchev–Trinajstić information content (AvgIpc) is 2.11. The summed E-state index contributed by atoms with van der Waals surface area (Å²) in [5.41, 5.74) is 0. The predicted octanol–water partition coefficient (Wildman–Crippen LogP) is 1.73. The Morgan fingerprint density at radius 3 is 1.56 bits per heavy atom. The first kappa shape index (κ1) is 8.14. The first-order valence-corrected chi connectivity index (χ1v) is 2.92. The van der Waals surface area contributed by atoms with Crippen LogP contribution < -0.4 is 0 Å². The molecule has 0 N–H and O–H groups in total. The van der Waals surface area contributed by atoms with E-state index in [0.717, 1.165) is 5.92 Å². The zero-order chi connectivity index (χ0) is 7.11. The molecule has 0 fully saturated rings. The number of hydrogen-bond acceptors (Lipinski definition) is 3. The Labute approximate surface area is 55.1 Å². The zero-order valence-electron chi connectivity index (χ0n) is 6.03. The molecule has 3 nitrogen and oxygen atoms in total. The topological polar surface area (TPSA) is 38.9 Å². The molecule has 52 valence electrons. The van der Waals surface area contributed by atoms with Crippen LogP contribution in [-0.2, 0) is 0 Å². The molecule has 1 aromatic heterocycles. The van der Waals surface area contributed by atoms with E-state index in [1.54, 1.807) is 0 Å². The van der Waals surface area contributed by atoms with Gasteiger partial charge in [0, 0.05) is 0 Å². The molecule has 9 heavy (non-hydrogen) atoms. The van der Waals surface area contributed by atoms with Crippen LogP contribution in [0, 0.1) is 5.92 Å². The fraction of sp³-hybridized carbons (Fsp3) is 0.667. The summed E-state index contributed by atoms with van der Waals surface area (Å²) in [6, 6.07) is 0. The van der Waals surface area contributed by atoms with Gasteiger partial charge in [-0.2, -0.15) is 0 Å². The van der Waals surface area contributed by atoms with E-state index in [1.807, 2.05) is 0 Å². The third-order valence-corrected chi connectivity index (χ3v) is 0.283. The third-order valence-electron chi connectivity index (χ3n) is 0.283. The summed E-state index contributed by atoms with van der Waals surface area (Å²) in [4.78, 5) is 0. The molecule has 1 aromatic rings. The van der Waals surface area contributed by atoms with Crippen LogP contribution in [0.15, 0.2) is 17.2 Å². The quantitative estimate of drug-likeness (QED) is 0.534. The van der Waals surface area contributed by atoms with Crippen molar-refractivity contribution in [3.05, 3.63) is 12.8 Å². The minimum Gasteiger partial charge on any atom is -0.431 e. The van der Waals surface area contributed by atoms with Crippen molar-refractivity contribution in [1.82, 2.24) is 10.2 Å². The molecule has 0 unspecified atom stereocenters. The smallest absolute Gasteiger partial charge is 0.203 e. The molecule has 0 aliphatic rings. The summed E-state index contributed by atoms with van der Waals surface area (Å²) in [6.07, 6.45) is 2.53. The van der Waals surface area contributed by atoms with Crippen molar-refractivity contribution in [3.8, 4) is 0 Å². The molecule has 0 amide bonds. The molecule has 1 rings (SSSR count). The molecule has 1 heterocycles. The van der Waals surface area contributed by atoms with Gasteiger partial charge in [-0.1, -0.05) is 20.8 Å². The minimum atomic E-state index is 0.833. The fourth-order valence-electron chi connectivity index (χ4n) is 0.136. The summed E-state index contributed by atoms with van der Waals surface area (Å²) in [7, 11) is 0. The highest BCUT2D eigenvalue weighted by atomic mass is 16.3. The van der Waals surface area contributed by atoms with E-state index in [2.05, 4.69) is 35.4 Å². The molecule has 0 atom stereocenters. The van der Waals surface area contributed by atoms with Crippen molar-refractivity contribution in [2.75, 3.05) is 0 Å². The van der Waals surface area contributed by atoms with Crippen molar-refractivity contribution in [2.24, 2.45) is 5.92 Å². The molecule has 0 bridgehead atoms. The number of rotatable bonds is 0. The lowest BCUT2D eigenvalue weighted by atomic mass is 10.3. The van der Waals surface area contributed by atoms with Gasteiger partial charge in [-0.15, -0.1) is 10.2 Å². The van der Waals surface area contributed by atoms with E-state index in [-0.39, 0.29) is 0 Å². The van der Waals surface area contributed by atoms with Gasteiger partial charge in [-0.05, 0) is 5.92 Å². The first-order valence-electron chi connectivity index (χ1n) is 2.92. The Bertz CT molecular complexity index is 94.6. The van der Waals surface area contributed by atoms with Crippen LogP contribution in [0.3, 0.4) is 0 Å². The van der Waals surface area contributed by atoms with Gasteiger partial charge in [0.05, 0.1) is 0 Å². The number of hydrogen-bond donors (Lipinski definition) is 0. The molecule has 0 saturated carbocycles. The molecule has 0 spiro atoms. The highest BCUT2D eigenvalue weighted by molar-refractivity contribution is 4.29. The minimum absolute atomic E-state index is 0.833. The van der Waals surface area contributed by atoms with E-state index in [0.29, 0.717) is 0 Å². The van der Waals surface area contributed by atoms with Crippen LogP contribution in [0.2, 0.25) is 0 Å². The van der Waals surface area contributed by atoms with Gasteiger partial charge < -0.3 is 4.42 Å². The van der Waals surface area contributed by atoms with E-state index in [1.165, 1.54) is 12.8 Å². The largest absolute Gasteiger partial charge is 0.431 e. The standard InChI is InChI=1S/C4H10.C2H2N2O/c1-4(2)3;1-3-4-2-5-1/h4H,1-3H3;1-2H. The maximum atomic E-state index is 4.36. The summed E-state index contributed by atoms with van der Waals surface area (Å²) < 4.78 is 4.36. The summed E-state index contributed by atoms with van der Waals surface area (Å²) in [6.45, 7) is 6.50. The van der Waals surface area contributed by atoms with E-state index < -0.39 is 0 Å². The molecule has 0 saturated heterocycles. The molecular weight excluding hydrogens is 116 g/mol. The van der Waals surface area contributed by atoms with Crippen LogP contribution in [-0.4, -0.2) is 10.2 Å². The van der Waals surface area contributed by atoms with Gasteiger partial charge in [-0.25, -0.2) is 0 Å². The Morgan fingerprint density at radius 2 is 1.44 bits per heavy atom. The molecule has 0 radical (unpaired) electrons.